The van der Waals surface area contributed by atoms with Crippen LogP contribution in [0.15, 0.2) is 78.9 Å². The molecular weight excluding hydrogens is 378 g/mol. The number of carbonyl (C=O) groups is 2. The summed E-state index contributed by atoms with van der Waals surface area (Å²) >= 11 is 0. The van der Waals surface area contributed by atoms with Crippen molar-refractivity contribution in [1.29, 1.82) is 0 Å². The van der Waals surface area contributed by atoms with Gasteiger partial charge in [-0.2, -0.15) is 0 Å². The van der Waals surface area contributed by atoms with Crippen LogP contribution in [0, 0.1) is 0 Å². The minimum absolute atomic E-state index is 0.137. The van der Waals surface area contributed by atoms with E-state index in [4.69, 9.17) is 9.47 Å². The van der Waals surface area contributed by atoms with Crippen LogP contribution in [0.2, 0.25) is 0 Å². The molecule has 0 atom stereocenters. The average molecular weight is 403 g/mol. The van der Waals surface area contributed by atoms with Crippen molar-refractivity contribution >= 4 is 12.2 Å². The number of carbonyl (C=O) groups excluding carboxylic acids is 2. The quantitative estimate of drug-likeness (QED) is 0.477. The third kappa shape index (κ3) is 5.95. The Labute approximate surface area is 176 Å². The Kier molecular flexibility index (Phi) is 7.61. The van der Waals surface area contributed by atoms with Gasteiger partial charge in [0.25, 0.3) is 5.91 Å². The fraction of sp³-hybridized carbons (Fsp3) is 0.200. The molecule has 1 amide bonds. The molecule has 3 rings (SSSR count). The zero-order valence-corrected chi connectivity index (χ0v) is 17.0. The lowest BCUT2D eigenvalue weighted by Gasteiger charge is -2.23. The van der Waals surface area contributed by atoms with Crippen molar-refractivity contribution in [3.63, 3.8) is 0 Å². The predicted octanol–water partition coefficient (Wildman–Crippen LogP) is 4.16. The van der Waals surface area contributed by atoms with Gasteiger partial charge >= 0.3 is 0 Å². The van der Waals surface area contributed by atoms with E-state index in [0.29, 0.717) is 36.4 Å². The van der Waals surface area contributed by atoms with Crippen LogP contribution in [0.5, 0.6) is 11.5 Å². The summed E-state index contributed by atoms with van der Waals surface area (Å²) in [5.74, 6) is 0.786. The molecule has 0 aliphatic carbocycles. The molecule has 0 N–H and O–H groups in total. The molecule has 0 unspecified atom stereocenters. The van der Waals surface area contributed by atoms with E-state index in [1.807, 2.05) is 48.5 Å². The van der Waals surface area contributed by atoms with E-state index >= 15 is 0 Å². The van der Waals surface area contributed by atoms with Gasteiger partial charge in [0.2, 0.25) is 0 Å². The number of amides is 1. The Hall–Kier alpha value is -3.60. The van der Waals surface area contributed by atoms with Crippen LogP contribution in [-0.4, -0.2) is 37.4 Å². The minimum atomic E-state index is -0.144. The van der Waals surface area contributed by atoms with E-state index < -0.39 is 0 Å². The maximum Gasteiger partial charge on any atom is 0.260 e. The first-order valence-corrected chi connectivity index (χ1v) is 9.81. The molecule has 0 aliphatic heterocycles. The first-order valence-electron chi connectivity index (χ1n) is 9.81. The Morgan fingerprint density at radius 1 is 0.933 bits per heavy atom. The molecule has 0 bridgehead atoms. The lowest BCUT2D eigenvalue weighted by Crippen LogP contribution is -2.36. The third-order valence-corrected chi connectivity index (χ3v) is 4.78. The molecular formula is C25H25NO4. The summed E-state index contributed by atoms with van der Waals surface area (Å²) in [4.78, 5) is 26.1. The molecule has 3 aromatic carbocycles. The lowest BCUT2D eigenvalue weighted by atomic mass is 10.1. The summed E-state index contributed by atoms with van der Waals surface area (Å²) in [6.45, 7) is 0.929. The number of benzene rings is 3. The van der Waals surface area contributed by atoms with Crippen molar-refractivity contribution in [2.75, 3.05) is 20.3 Å². The number of hydrogen-bond donors (Lipinski definition) is 0. The predicted molar refractivity (Wildman–Crippen MR) is 116 cm³/mol. The first-order chi connectivity index (χ1) is 14.7. The van der Waals surface area contributed by atoms with Crippen molar-refractivity contribution in [2.45, 2.75) is 13.0 Å². The second-order valence-corrected chi connectivity index (χ2v) is 6.85. The van der Waals surface area contributed by atoms with Gasteiger partial charge < -0.3 is 14.4 Å². The SMILES string of the molecule is COc1ccc(OCC(=O)N(CCc2ccccc2)Cc2ccccc2)c(C=O)c1. The number of nitrogens with zero attached hydrogens (tertiary/aromatic N) is 1. The van der Waals surface area contributed by atoms with E-state index in [9.17, 15) is 9.59 Å². The van der Waals surface area contributed by atoms with Gasteiger partial charge in [-0.15, -0.1) is 0 Å². The fourth-order valence-electron chi connectivity index (χ4n) is 3.11. The number of rotatable bonds is 10. The third-order valence-electron chi connectivity index (χ3n) is 4.78. The lowest BCUT2D eigenvalue weighted by molar-refractivity contribution is -0.134. The Morgan fingerprint density at radius 3 is 2.23 bits per heavy atom. The molecule has 3 aromatic rings. The van der Waals surface area contributed by atoms with Gasteiger partial charge in [0.15, 0.2) is 12.9 Å². The van der Waals surface area contributed by atoms with Crippen LogP contribution in [0.4, 0.5) is 0 Å². The number of ether oxygens (including phenoxy) is 2. The molecule has 5 nitrogen and oxygen atoms in total. The van der Waals surface area contributed by atoms with Gasteiger partial charge in [0.05, 0.1) is 12.7 Å². The van der Waals surface area contributed by atoms with Crippen LogP contribution in [-0.2, 0) is 17.8 Å². The summed E-state index contributed by atoms with van der Waals surface area (Å²) in [6.07, 6.45) is 1.45. The topological polar surface area (TPSA) is 55.8 Å². The molecule has 0 aliphatic rings. The van der Waals surface area contributed by atoms with Crippen LogP contribution < -0.4 is 9.47 Å². The molecule has 154 valence electrons. The van der Waals surface area contributed by atoms with E-state index in [1.54, 1.807) is 23.1 Å². The van der Waals surface area contributed by atoms with Gasteiger partial charge in [-0.25, -0.2) is 0 Å². The molecule has 0 radical (unpaired) electrons. The summed E-state index contributed by atoms with van der Waals surface area (Å²) in [5, 5.41) is 0. The largest absolute Gasteiger partial charge is 0.497 e. The molecule has 0 spiro atoms. The van der Waals surface area contributed by atoms with Crippen molar-refractivity contribution in [3.8, 4) is 11.5 Å². The Balaban J connectivity index is 1.68. The average Bonchev–Trinajstić information content (AvgIpc) is 2.81. The maximum atomic E-state index is 13.0. The van der Waals surface area contributed by atoms with Crippen molar-refractivity contribution in [1.82, 2.24) is 4.90 Å². The highest BCUT2D eigenvalue weighted by Crippen LogP contribution is 2.22. The highest BCUT2D eigenvalue weighted by atomic mass is 16.5. The summed E-state index contributed by atoms with van der Waals surface area (Å²) in [7, 11) is 1.53. The Bertz CT molecular complexity index is 957. The molecule has 5 heteroatoms. The highest BCUT2D eigenvalue weighted by molar-refractivity contribution is 5.81. The van der Waals surface area contributed by atoms with Crippen molar-refractivity contribution < 1.29 is 19.1 Å². The first kappa shape index (κ1) is 21.1. The standard InChI is InChI=1S/C25H25NO4/c1-29-23-12-13-24(22(16-23)18-27)30-19-25(28)26(17-21-10-6-3-7-11-21)15-14-20-8-4-2-5-9-20/h2-13,16,18H,14-15,17,19H2,1H3. The summed E-state index contributed by atoms with van der Waals surface area (Å²) in [6, 6.07) is 24.9. The van der Waals surface area contributed by atoms with Crippen LogP contribution >= 0.6 is 0 Å². The van der Waals surface area contributed by atoms with E-state index in [-0.39, 0.29) is 12.5 Å². The highest BCUT2D eigenvalue weighted by Gasteiger charge is 2.16. The summed E-state index contributed by atoms with van der Waals surface area (Å²) < 4.78 is 10.8. The number of aldehydes is 1. The minimum Gasteiger partial charge on any atom is -0.497 e. The summed E-state index contributed by atoms with van der Waals surface area (Å²) in [5.41, 5.74) is 2.57. The zero-order chi connectivity index (χ0) is 21.2. The Morgan fingerprint density at radius 2 is 1.60 bits per heavy atom. The number of methoxy groups -OCH3 is 1. The second-order valence-electron chi connectivity index (χ2n) is 6.85. The second kappa shape index (κ2) is 10.8. The van der Waals surface area contributed by atoms with Gasteiger partial charge in [0.1, 0.15) is 11.5 Å². The van der Waals surface area contributed by atoms with Crippen LogP contribution in [0.25, 0.3) is 0 Å². The van der Waals surface area contributed by atoms with E-state index in [1.165, 1.54) is 12.7 Å². The van der Waals surface area contributed by atoms with Crippen molar-refractivity contribution in [3.05, 3.63) is 95.6 Å². The van der Waals surface area contributed by atoms with Gasteiger partial charge in [-0.05, 0) is 35.7 Å². The monoisotopic (exact) mass is 403 g/mol. The smallest absolute Gasteiger partial charge is 0.260 e. The van der Waals surface area contributed by atoms with E-state index in [0.717, 1.165) is 12.0 Å². The molecule has 0 saturated carbocycles. The van der Waals surface area contributed by atoms with Gasteiger partial charge in [0, 0.05) is 13.1 Å². The molecule has 30 heavy (non-hydrogen) atoms. The van der Waals surface area contributed by atoms with Crippen LogP contribution in [0.1, 0.15) is 21.5 Å². The molecule has 0 fully saturated rings. The van der Waals surface area contributed by atoms with Gasteiger partial charge in [-0.1, -0.05) is 60.7 Å². The maximum absolute atomic E-state index is 13.0. The molecule has 0 saturated heterocycles. The van der Waals surface area contributed by atoms with E-state index in [2.05, 4.69) is 12.1 Å². The molecule has 0 heterocycles. The zero-order valence-electron chi connectivity index (χ0n) is 17.0. The van der Waals surface area contributed by atoms with Crippen LogP contribution in [0.3, 0.4) is 0 Å². The van der Waals surface area contributed by atoms with Gasteiger partial charge in [-0.3, -0.25) is 9.59 Å². The number of hydrogen-bond acceptors (Lipinski definition) is 4. The van der Waals surface area contributed by atoms with Crippen molar-refractivity contribution in [2.24, 2.45) is 0 Å². The fourth-order valence-corrected chi connectivity index (χ4v) is 3.11. The normalized spacial score (nSPS) is 10.3. The molecule has 0 aromatic heterocycles.